The van der Waals surface area contributed by atoms with Gasteiger partial charge < -0.3 is 11.5 Å². The zero-order chi connectivity index (χ0) is 8.27. The molecule has 0 radical (unpaired) electrons. The van der Waals surface area contributed by atoms with Crippen LogP contribution in [0, 0.1) is 0 Å². The summed E-state index contributed by atoms with van der Waals surface area (Å²) in [4.78, 5) is 14.6. The molecule has 0 bridgehead atoms. The number of hydrogen-bond donors (Lipinski definition) is 2. The second-order valence-electron chi connectivity index (χ2n) is 2.44. The van der Waals surface area contributed by atoms with Gasteiger partial charge >= 0.3 is 0 Å². The van der Waals surface area contributed by atoms with E-state index in [0.29, 0.717) is 0 Å². The molecule has 1 aliphatic heterocycles. The molecule has 0 spiro atoms. The molecule has 60 valence electrons. The molecule has 0 fully saturated rings. The molecule has 0 saturated carbocycles. The maximum Gasteiger partial charge on any atom is 0.264 e. The van der Waals surface area contributed by atoms with E-state index >= 15 is 0 Å². The Morgan fingerprint density at radius 1 is 1.55 bits per heavy atom. The molecule has 1 rings (SSSR count). The number of amides is 1. The molecule has 0 aromatic heterocycles. The Balaban J connectivity index is 2.63. The van der Waals surface area contributed by atoms with Crippen molar-refractivity contribution in [3.8, 4) is 0 Å². The lowest BCUT2D eigenvalue weighted by atomic mass is 10.2. The average Bonchev–Trinajstić information content (AvgIpc) is 2.39. The SMILES string of the molecule is NC(=O)C(N)=CC1=NCCC1. The molecule has 1 heterocycles. The van der Waals surface area contributed by atoms with E-state index in [1.54, 1.807) is 6.08 Å². The zero-order valence-electron chi connectivity index (χ0n) is 6.21. The summed E-state index contributed by atoms with van der Waals surface area (Å²) in [6.45, 7) is 0.831. The van der Waals surface area contributed by atoms with Crippen LogP contribution in [0.15, 0.2) is 16.8 Å². The summed E-state index contributed by atoms with van der Waals surface area (Å²) < 4.78 is 0. The number of allylic oxidation sites excluding steroid dienone is 1. The van der Waals surface area contributed by atoms with Gasteiger partial charge in [0.05, 0.1) is 5.70 Å². The number of aliphatic imine (C=N–C) groups is 1. The normalized spacial score (nSPS) is 18.2. The van der Waals surface area contributed by atoms with Crippen LogP contribution in [0.4, 0.5) is 0 Å². The van der Waals surface area contributed by atoms with Crippen molar-refractivity contribution in [2.45, 2.75) is 12.8 Å². The molecule has 1 aliphatic rings. The fraction of sp³-hybridized carbons (Fsp3) is 0.429. The van der Waals surface area contributed by atoms with E-state index in [4.69, 9.17) is 11.5 Å². The second kappa shape index (κ2) is 3.18. The highest BCUT2D eigenvalue weighted by Crippen LogP contribution is 2.05. The van der Waals surface area contributed by atoms with Crippen LogP contribution in [0.25, 0.3) is 0 Å². The molecule has 0 atom stereocenters. The fourth-order valence-electron chi connectivity index (χ4n) is 0.930. The minimum absolute atomic E-state index is 0.0886. The first-order valence-electron chi connectivity index (χ1n) is 3.50. The highest BCUT2D eigenvalue weighted by atomic mass is 16.1. The molecule has 4 nitrogen and oxygen atoms in total. The summed E-state index contributed by atoms with van der Waals surface area (Å²) in [7, 11) is 0. The first kappa shape index (κ1) is 7.78. The van der Waals surface area contributed by atoms with Crippen LogP contribution in [0.3, 0.4) is 0 Å². The third-order valence-electron chi connectivity index (χ3n) is 1.51. The van der Waals surface area contributed by atoms with Crippen molar-refractivity contribution in [3.63, 3.8) is 0 Å². The molecule has 0 aromatic rings. The summed E-state index contributed by atoms with van der Waals surface area (Å²) in [5.74, 6) is -0.584. The minimum atomic E-state index is -0.584. The lowest BCUT2D eigenvalue weighted by molar-refractivity contribution is -0.114. The van der Waals surface area contributed by atoms with E-state index in [9.17, 15) is 4.79 Å². The quantitative estimate of drug-likeness (QED) is 0.527. The Labute approximate surface area is 65.0 Å². The molecular weight excluding hydrogens is 142 g/mol. The Morgan fingerprint density at radius 2 is 2.27 bits per heavy atom. The van der Waals surface area contributed by atoms with Crippen molar-refractivity contribution in [1.29, 1.82) is 0 Å². The average molecular weight is 153 g/mol. The van der Waals surface area contributed by atoms with Crippen LogP contribution in [0.2, 0.25) is 0 Å². The van der Waals surface area contributed by atoms with Gasteiger partial charge in [-0.3, -0.25) is 9.79 Å². The first-order valence-corrected chi connectivity index (χ1v) is 3.50. The van der Waals surface area contributed by atoms with Crippen LogP contribution >= 0.6 is 0 Å². The zero-order valence-corrected chi connectivity index (χ0v) is 6.21. The smallest absolute Gasteiger partial charge is 0.264 e. The van der Waals surface area contributed by atoms with E-state index in [2.05, 4.69) is 4.99 Å². The van der Waals surface area contributed by atoms with E-state index in [0.717, 1.165) is 25.1 Å². The number of carbonyl (C=O) groups is 1. The highest BCUT2D eigenvalue weighted by Gasteiger charge is 2.05. The second-order valence-corrected chi connectivity index (χ2v) is 2.44. The maximum atomic E-state index is 10.5. The molecule has 4 heteroatoms. The topological polar surface area (TPSA) is 81.5 Å². The fourth-order valence-corrected chi connectivity index (χ4v) is 0.930. The Hall–Kier alpha value is -1.32. The molecule has 0 unspecified atom stereocenters. The van der Waals surface area contributed by atoms with Gasteiger partial charge in [-0.05, 0) is 18.9 Å². The molecule has 0 aromatic carbocycles. The van der Waals surface area contributed by atoms with Crippen LogP contribution in [0.5, 0.6) is 0 Å². The lowest BCUT2D eigenvalue weighted by Crippen LogP contribution is -2.20. The standard InChI is InChI=1S/C7H11N3O/c8-6(7(9)11)4-5-2-1-3-10-5/h4H,1-3,8H2,(H2,9,11). The van der Waals surface area contributed by atoms with Gasteiger partial charge in [0.2, 0.25) is 0 Å². The minimum Gasteiger partial charge on any atom is -0.394 e. The van der Waals surface area contributed by atoms with E-state index < -0.39 is 5.91 Å². The van der Waals surface area contributed by atoms with Crippen molar-refractivity contribution < 1.29 is 4.79 Å². The third kappa shape index (κ3) is 2.07. The van der Waals surface area contributed by atoms with E-state index in [1.165, 1.54) is 0 Å². The van der Waals surface area contributed by atoms with Crippen molar-refractivity contribution in [2.75, 3.05) is 6.54 Å². The van der Waals surface area contributed by atoms with Gasteiger partial charge in [0.15, 0.2) is 0 Å². The summed E-state index contributed by atoms with van der Waals surface area (Å²) in [5.41, 5.74) is 11.2. The van der Waals surface area contributed by atoms with Gasteiger partial charge in [-0.1, -0.05) is 0 Å². The number of hydrogen-bond acceptors (Lipinski definition) is 3. The number of primary amides is 1. The van der Waals surface area contributed by atoms with Gasteiger partial charge in [-0.2, -0.15) is 0 Å². The molecule has 11 heavy (non-hydrogen) atoms. The number of rotatable bonds is 2. The van der Waals surface area contributed by atoms with Crippen LogP contribution in [-0.4, -0.2) is 18.2 Å². The van der Waals surface area contributed by atoms with Gasteiger partial charge in [0, 0.05) is 12.3 Å². The maximum absolute atomic E-state index is 10.5. The van der Waals surface area contributed by atoms with Crippen LogP contribution in [-0.2, 0) is 4.79 Å². The molecule has 1 amide bonds. The largest absolute Gasteiger partial charge is 0.394 e. The molecule has 4 N–H and O–H groups in total. The molecule has 0 aliphatic carbocycles. The van der Waals surface area contributed by atoms with Crippen molar-refractivity contribution in [2.24, 2.45) is 16.5 Å². The summed E-state index contributed by atoms with van der Waals surface area (Å²) in [6.07, 6.45) is 3.49. The Morgan fingerprint density at radius 3 is 2.73 bits per heavy atom. The van der Waals surface area contributed by atoms with Crippen LogP contribution < -0.4 is 11.5 Å². The first-order chi connectivity index (χ1) is 5.20. The Kier molecular flexibility index (Phi) is 2.25. The van der Waals surface area contributed by atoms with Crippen molar-refractivity contribution in [1.82, 2.24) is 0 Å². The van der Waals surface area contributed by atoms with Gasteiger partial charge in [0.25, 0.3) is 5.91 Å². The van der Waals surface area contributed by atoms with Crippen molar-refractivity contribution >= 4 is 11.6 Å². The van der Waals surface area contributed by atoms with Crippen LogP contribution in [0.1, 0.15) is 12.8 Å². The third-order valence-corrected chi connectivity index (χ3v) is 1.51. The predicted octanol–water partition coefficient (Wildman–Crippen LogP) is -0.451. The van der Waals surface area contributed by atoms with Gasteiger partial charge in [-0.15, -0.1) is 0 Å². The lowest BCUT2D eigenvalue weighted by Gasteiger charge is -1.93. The summed E-state index contributed by atoms with van der Waals surface area (Å²) in [5, 5.41) is 0. The highest BCUT2D eigenvalue weighted by molar-refractivity contribution is 6.03. The van der Waals surface area contributed by atoms with Gasteiger partial charge in [-0.25, -0.2) is 0 Å². The number of nitrogens with two attached hydrogens (primary N) is 2. The van der Waals surface area contributed by atoms with Crippen molar-refractivity contribution in [3.05, 3.63) is 11.8 Å². The number of nitrogens with zero attached hydrogens (tertiary/aromatic N) is 1. The monoisotopic (exact) mass is 153 g/mol. The summed E-state index contributed by atoms with van der Waals surface area (Å²) in [6, 6.07) is 0. The number of carbonyl (C=O) groups excluding carboxylic acids is 1. The van der Waals surface area contributed by atoms with Gasteiger partial charge in [0.1, 0.15) is 0 Å². The Bertz CT molecular complexity index is 230. The predicted molar refractivity (Wildman–Crippen MR) is 43.0 cm³/mol. The van der Waals surface area contributed by atoms with E-state index in [-0.39, 0.29) is 5.70 Å². The molecule has 0 saturated heterocycles. The van der Waals surface area contributed by atoms with E-state index in [1.807, 2.05) is 0 Å². The summed E-state index contributed by atoms with van der Waals surface area (Å²) >= 11 is 0. The molecular formula is C7H11N3O.